The first-order valence-corrected chi connectivity index (χ1v) is 7.34. The van der Waals surface area contributed by atoms with E-state index in [0.717, 1.165) is 27.9 Å². The molecule has 1 aromatic heterocycles. The lowest BCUT2D eigenvalue weighted by Crippen LogP contribution is -2.01. The van der Waals surface area contributed by atoms with E-state index in [1.54, 1.807) is 0 Å². The second kappa shape index (κ2) is 5.38. The van der Waals surface area contributed by atoms with E-state index in [9.17, 15) is 5.11 Å². The molecule has 0 spiro atoms. The zero-order chi connectivity index (χ0) is 15.0. The molecule has 2 heteroatoms. The zero-order valence-electron chi connectivity index (χ0n) is 12.6. The largest absolute Gasteiger partial charge is 0.461 e. The number of aliphatic hydroxyl groups excluding tert-OH is 1. The molecule has 21 heavy (non-hydrogen) atoms. The maximum Gasteiger partial charge on any atom is 0.134 e. The molecule has 0 amide bonds. The summed E-state index contributed by atoms with van der Waals surface area (Å²) >= 11 is 0. The normalized spacial score (nSPS) is 13.0. The molecule has 0 saturated heterocycles. The Bertz CT molecular complexity index is 751. The third kappa shape index (κ3) is 2.47. The first kappa shape index (κ1) is 13.9. The maximum atomic E-state index is 10.7. The summed E-state index contributed by atoms with van der Waals surface area (Å²) in [7, 11) is 0. The van der Waals surface area contributed by atoms with Crippen molar-refractivity contribution in [3.8, 4) is 0 Å². The molecular weight excluding hydrogens is 260 g/mol. The Morgan fingerprint density at radius 2 is 1.52 bits per heavy atom. The van der Waals surface area contributed by atoms with Crippen molar-refractivity contribution >= 4 is 11.0 Å². The van der Waals surface area contributed by atoms with Crippen LogP contribution < -0.4 is 0 Å². The standard InChI is InChI=1S/C19H20O2/c1-12(2)14-8-10-15(11-9-14)19(20)18-13(3)21-17-7-5-4-6-16(17)18/h4-12,19-20H,1-3H3. The number of aryl methyl sites for hydroxylation is 1. The summed E-state index contributed by atoms with van der Waals surface area (Å²) in [4.78, 5) is 0. The molecule has 0 aliphatic heterocycles. The van der Waals surface area contributed by atoms with E-state index in [2.05, 4.69) is 26.0 Å². The van der Waals surface area contributed by atoms with Crippen LogP contribution in [-0.4, -0.2) is 5.11 Å². The fraction of sp³-hybridized carbons (Fsp3) is 0.263. The number of para-hydroxylation sites is 1. The van der Waals surface area contributed by atoms with E-state index in [1.807, 2.05) is 43.3 Å². The van der Waals surface area contributed by atoms with Crippen LogP contribution in [0.15, 0.2) is 52.9 Å². The Morgan fingerprint density at radius 1 is 0.905 bits per heavy atom. The molecular formula is C19H20O2. The molecule has 1 N–H and O–H groups in total. The molecule has 0 radical (unpaired) electrons. The van der Waals surface area contributed by atoms with Crippen molar-refractivity contribution in [2.45, 2.75) is 32.8 Å². The monoisotopic (exact) mass is 280 g/mol. The number of hydrogen-bond donors (Lipinski definition) is 1. The highest BCUT2D eigenvalue weighted by atomic mass is 16.3. The zero-order valence-corrected chi connectivity index (χ0v) is 12.6. The van der Waals surface area contributed by atoms with Gasteiger partial charge in [-0.3, -0.25) is 0 Å². The van der Waals surface area contributed by atoms with Crippen LogP contribution in [0.1, 0.15) is 48.3 Å². The van der Waals surface area contributed by atoms with Gasteiger partial charge in [0.2, 0.25) is 0 Å². The summed E-state index contributed by atoms with van der Waals surface area (Å²) in [6.07, 6.45) is -0.658. The highest BCUT2D eigenvalue weighted by Gasteiger charge is 2.20. The Labute approximate surface area is 125 Å². The highest BCUT2D eigenvalue weighted by molar-refractivity contribution is 5.83. The molecule has 1 atom stereocenters. The van der Waals surface area contributed by atoms with E-state index in [4.69, 9.17) is 4.42 Å². The summed E-state index contributed by atoms with van der Waals surface area (Å²) in [5.41, 5.74) is 3.86. The van der Waals surface area contributed by atoms with Gasteiger partial charge in [-0.2, -0.15) is 0 Å². The van der Waals surface area contributed by atoms with Gasteiger partial charge in [0.15, 0.2) is 0 Å². The van der Waals surface area contributed by atoms with Crippen molar-refractivity contribution in [2.75, 3.05) is 0 Å². The number of fused-ring (bicyclic) bond motifs is 1. The minimum Gasteiger partial charge on any atom is -0.461 e. The number of furan rings is 1. The van der Waals surface area contributed by atoms with Crippen LogP contribution in [0, 0.1) is 6.92 Å². The second-order valence-corrected chi connectivity index (χ2v) is 5.79. The van der Waals surface area contributed by atoms with Gasteiger partial charge in [-0.05, 0) is 30.0 Å². The quantitative estimate of drug-likeness (QED) is 0.736. The van der Waals surface area contributed by atoms with Gasteiger partial charge in [0.1, 0.15) is 17.4 Å². The van der Waals surface area contributed by atoms with Crippen molar-refractivity contribution in [3.63, 3.8) is 0 Å². The van der Waals surface area contributed by atoms with Gasteiger partial charge in [0.05, 0.1) is 0 Å². The SMILES string of the molecule is Cc1oc2ccccc2c1C(O)c1ccc(C(C)C)cc1. The molecule has 2 aromatic carbocycles. The molecule has 0 bridgehead atoms. The fourth-order valence-electron chi connectivity index (χ4n) is 2.76. The Balaban J connectivity index is 2.04. The summed E-state index contributed by atoms with van der Waals surface area (Å²) < 4.78 is 5.74. The maximum absolute atomic E-state index is 10.7. The van der Waals surface area contributed by atoms with Crippen LogP contribution in [0.25, 0.3) is 11.0 Å². The number of aliphatic hydroxyl groups is 1. The van der Waals surface area contributed by atoms with Gasteiger partial charge >= 0.3 is 0 Å². The van der Waals surface area contributed by atoms with Gasteiger partial charge in [0.25, 0.3) is 0 Å². The minimum absolute atomic E-state index is 0.493. The molecule has 0 aliphatic rings. The highest BCUT2D eigenvalue weighted by Crippen LogP contribution is 2.34. The summed E-state index contributed by atoms with van der Waals surface area (Å²) in [6, 6.07) is 16.0. The predicted molar refractivity (Wildman–Crippen MR) is 85.5 cm³/mol. The van der Waals surface area contributed by atoms with Crippen LogP contribution in [0.4, 0.5) is 0 Å². The summed E-state index contributed by atoms with van der Waals surface area (Å²) in [6.45, 7) is 6.24. The van der Waals surface area contributed by atoms with Crippen molar-refractivity contribution in [2.24, 2.45) is 0 Å². The average Bonchev–Trinajstić information content (AvgIpc) is 2.82. The average molecular weight is 280 g/mol. The van der Waals surface area contributed by atoms with Gasteiger partial charge in [-0.15, -0.1) is 0 Å². The third-order valence-electron chi connectivity index (χ3n) is 4.01. The predicted octanol–water partition coefficient (Wildman–Crippen LogP) is 4.95. The van der Waals surface area contributed by atoms with E-state index >= 15 is 0 Å². The van der Waals surface area contributed by atoms with Crippen LogP contribution >= 0.6 is 0 Å². The molecule has 3 rings (SSSR count). The van der Waals surface area contributed by atoms with Gasteiger partial charge in [-0.25, -0.2) is 0 Å². The van der Waals surface area contributed by atoms with E-state index in [1.165, 1.54) is 5.56 Å². The van der Waals surface area contributed by atoms with E-state index in [-0.39, 0.29) is 0 Å². The summed E-state index contributed by atoms with van der Waals surface area (Å²) in [5, 5.41) is 11.7. The topological polar surface area (TPSA) is 33.4 Å². The lowest BCUT2D eigenvalue weighted by atomic mass is 9.95. The lowest BCUT2D eigenvalue weighted by Gasteiger charge is -2.13. The molecule has 0 fully saturated rings. The van der Waals surface area contributed by atoms with Crippen LogP contribution in [0.2, 0.25) is 0 Å². The van der Waals surface area contributed by atoms with Gasteiger partial charge in [-0.1, -0.05) is 56.3 Å². The molecule has 0 aliphatic carbocycles. The van der Waals surface area contributed by atoms with Crippen molar-refractivity contribution in [3.05, 3.63) is 71.0 Å². The Hall–Kier alpha value is -2.06. The number of benzene rings is 2. The van der Waals surface area contributed by atoms with Crippen LogP contribution in [0.5, 0.6) is 0 Å². The molecule has 108 valence electrons. The fourth-order valence-corrected chi connectivity index (χ4v) is 2.76. The van der Waals surface area contributed by atoms with E-state index in [0.29, 0.717) is 5.92 Å². The lowest BCUT2D eigenvalue weighted by molar-refractivity contribution is 0.219. The summed E-state index contributed by atoms with van der Waals surface area (Å²) in [5.74, 6) is 1.27. The Morgan fingerprint density at radius 3 is 2.19 bits per heavy atom. The van der Waals surface area contributed by atoms with Crippen LogP contribution in [-0.2, 0) is 0 Å². The number of hydrogen-bond acceptors (Lipinski definition) is 2. The van der Waals surface area contributed by atoms with Crippen molar-refractivity contribution < 1.29 is 9.52 Å². The van der Waals surface area contributed by atoms with Crippen LogP contribution in [0.3, 0.4) is 0 Å². The number of rotatable bonds is 3. The third-order valence-corrected chi connectivity index (χ3v) is 4.01. The van der Waals surface area contributed by atoms with Crippen molar-refractivity contribution in [1.82, 2.24) is 0 Å². The molecule has 1 unspecified atom stereocenters. The molecule has 2 nitrogen and oxygen atoms in total. The van der Waals surface area contributed by atoms with E-state index < -0.39 is 6.10 Å². The van der Waals surface area contributed by atoms with Gasteiger partial charge in [0, 0.05) is 10.9 Å². The molecule has 1 heterocycles. The first-order chi connectivity index (χ1) is 10.1. The first-order valence-electron chi connectivity index (χ1n) is 7.34. The molecule has 0 saturated carbocycles. The van der Waals surface area contributed by atoms with Crippen molar-refractivity contribution in [1.29, 1.82) is 0 Å². The Kier molecular flexibility index (Phi) is 3.56. The molecule has 3 aromatic rings. The minimum atomic E-state index is -0.658. The van der Waals surface area contributed by atoms with Gasteiger partial charge < -0.3 is 9.52 Å². The smallest absolute Gasteiger partial charge is 0.134 e. The second-order valence-electron chi connectivity index (χ2n) is 5.79.